The number of benzene rings is 2. The SMILES string of the molecule is N#Cc1ccc(CNC(=O)C2(NC(=O)NCc3ccccc3)CCCC2)cc1. The Morgan fingerprint density at radius 1 is 0.893 bits per heavy atom. The molecule has 1 aliphatic rings. The molecule has 2 aromatic carbocycles. The Morgan fingerprint density at radius 2 is 1.50 bits per heavy atom. The van der Waals surface area contributed by atoms with Crippen molar-refractivity contribution < 1.29 is 9.59 Å². The Balaban J connectivity index is 1.56. The molecule has 1 saturated carbocycles. The van der Waals surface area contributed by atoms with E-state index in [0.29, 0.717) is 31.5 Å². The second-order valence-electron chi connectivity index (χ2n) is 7.07. The van der Waals surface area contributed by atoms with E-state index in [2.05, 4.69) is 22.0 Å². The highest BCUT2D eigenvalue weighted by Gasteiger charge is 2.42. The van der Waals surface area contributed by atoms with Crippen molar-refractivity contribution in [2.45, 2.75) is 44.3 Å². The Hall–Kier alpha value is -3.33. The van der Waals surface area contributed by atoms with Crippen LogP contribution >= 0.6 is 0 Å². The number of amides is 3. The minimum atomic E-state index is -0.868. The van der Waals surface area contributed by atoms with Crippen LogP contribution in [0.2, 0.25) is 0 Å². The standard InChI is InChI=1S/C22H24N4O2/c23-14-17-8-10-19(11-9-17)15-24-20(27)22(12-4-5-13-22)26-21(28)25-16-18-6-2-1-3-7-18/h1-3,6-11H,4-5,12-13,15-16H2,(H,24,27)(H2,25,26,28). The summed E-state index contributed by atoms with van der Waals surface area (Å²) in [7, 11) is 0. The van der Waals surface area contributed by atoms with E-state index in [-0.39, 0.29) is 11.9 Å². The van der Waals surface area contributed by atoms with E-state index in [1.165, 1.54) is 0 Å². The molecule has 0 radical (unpaired) electrons. The average Bonchev–Trinajstić information content (AvgIpc) is 3.21. The van der Waals surface area contributed by atoms with E-state index >= 15 is 0 Å². The zero-order valence-corrected chi connectivity index (χ0v) is 15.7. The van der Waals surface area contributed by atoms with Gasteiger partial charge in [-0.2, -0.15) is 5.26 Å². The molecule has 1 fully saturated rings. The number of hydrogen-bond acceptors (Lipinski definition) is 3. The zero-order chi connectivity index (χ0) is 19.8. The van der Waals surface area contributed by atoms with E-state index in [1.807, 2.05) is 42.5 Å². The Kier molecular flexibility index (Phi) is 6.28. The number of urea groups is 1. The van der Waals surface area contributed by atoms with Crippen LogP contribution in [0.4, 0.5) is 4.79 Å². The summed E-state index contributed by atoms with van der Waals surface area (Å²) < 4.78 is 0. The van der Waals surface area contributed by atoms with Crippen LogP contribution in [0, 0.1) is 11.3 Å². The van der Waals surface area contributed by atoms with Gasteiger partial charge in [0.1, 0.15) is 5.54 Å². The first kappa shape index (κ1) is 19.4. The van der Waals surface area contributed by atoms with Crippen molar-refractivity contribution in [3.8, 4) is 6.07 Å². The van der Waals surface area contributed by atoms with Crippen LogP contribution in [0.5, 0.6) is 0 Å². The molecule has 0 aromatic heterocycles. The highest BCUT2D eigenvalue weighted by atomic mass is 16.2. The van der Waals surface area contributed by atoms with Gasteiger partial charge in [0.25, 0.3) is 0 Å². The number of rotatable bonds is 6. The Morgan fingerprint density at radius 3 is 2.14 bits per heavy atom. The maximum Gasteiger partial charge on any atom is 0.315 e. The first-order valence-corrected chi connectivity index (χ1v) is 9.49. The number of nitrogens with zero attached hydrogens (tertiary/aromatic N) is 1. The van der Waals surface area contributed by atoms with E-state index in [1.54, 1.807) is 12.1 Å². The molecule has 3 rings (SSSR count). The Bertz CT molecular complexity index is 850. The van der Waals surface area contributed by atoms with Gasteiger partial charge < -0.3 is 16.0 Å². The molecule has 2 aromatic rings. The molecule has 0 saturated heterocycles. The van der Waals surface area contributed by atoms with Gasteiger partial charge in [0, 0.05) is 13.1 Å². The summed E-state index contributed by atoms with van der Waals surface area (Å²) in [5.74, 6) is -0.163. The maximum atomic E-state index is 12.9. The van der Waals surface area contributed by atoms with Gasteiger partial charge >= 0.3 is 6.03 Å². The van der Waals surface area contributed by atoms with Gasteiger partial charge in [-0.15, -0.1) is 0 Å². The summed E-state index contributed by atoms with van der Waals surface area (Å²) in [6.45, 7) is 0.773. The molecule has 1 aliphatic carbocycles. The minimum Gasteiger partial charge on any atom is -0.350 e. The van der Waals surface area contributed by atoms with Gasteiger partial charge in [-0.05, 0) is 36.1 Å². The van der Waals surface area contributed by atoms with Gasteiger partial charge in [0.15, 0.2) is 0 Å². The predicted octanol–water partition coefficient (Wildman–Crippen LogP) is 2.99. The lowest BCUT2D eigenvalue weighted by Gasteiger charge is -2.29. The number of carbonyl (C=O) groups is 2. The molecular weight excluding hydrogens is 352 g/mol. The molecule has 28 heavy (non-hydrogen) atoms. The highest BCUT2D eigenvalue weighted by Crippen LogP contribution is 2.30. The number of nitrogens with one attached hydrogen (secondary N) is 3. The molecule has 0 spiro atoms. The van der Waals surface area contributed by atoms with Gasteiger partial charge in [-0.3, -0.25) is 4.79 Å². The maximum absolute atomic E-state index is 12.9. The summed E-state index contributed by atoms with van der Waals surface area (Å²) in [5.41, 5.74) is 1.63. The van der Waals surface area contributed by atoms with Gasteiger partial charge in [0.2, 0.25) is 5.91 Å². The lowest BCUT2D eigenvalue weighted by Crippen LogP contribution is -2.59. The molecular formula is C22H24N4O2. The lowest BCUT2D eigenvalue weighted by molar-refractivity contribution is -0.127. The van der Waals surface area contributed by atoms with Gasteiger partial charge in [0.05, 0.1) is 11.6 Å². The van der Waals surface area contributed by atoms with Crippen LogP contribution in [0.3, 0.4) is 0 Å². The van der Waals surface area contributed by atoms with E-state index < -0.39 is 5.54 Å². The third kappa shape index (κ3) is 4.89. The molecule has 0 heterocycles. The summed E-state index contributed by atoms with van der Waals surface area (Å²) in [6, 6.07) is 18.5. The highest BCUT2D eigenvalue weighted by molar-refractivity contribution is 5.91. The molecule has 0 atom stereocenters. The fourth-order valence-electron chi connectivity index (χ4n) is 3.48. The molecule has 0 unspecified atom stereocenters. The fraction of sp³-hybridized carbons (Fsp3) is 0.318. The Labute approximate surface area is 164 Å². The molecule has 144 valence electrons. The molecule has 3 amide bonds. The fourth-order valence-corrected chi connectivity index (χ4v) is 3.48. The van der Waals surface area contributed by atoms with Crippen molar-refractivity contribution in [1.29, 1.82) is 5.26 Å². The van der Waals surface area contributed by atoms with Crippen LogP contribution in [-0.4, -0.2) is 17.5 Å². The quantitative estimate of drug-likeness (QED) is 0.723. The van der Waals surface area contributed by atoms with Gasteiger partial charge in [-0.25, -0.2) is 4.79 Å². The monoisotopic (exact) mass is 376 g/mol. The van der Waals surface area contributed by atoms with Crippen LogP contribution in [0.25, 0.3) is 0 Å². The van der Waals surface area contributed by atoms with Crippen LogP contribution in [-0.2, 0) is 17.9 Å². The molecule has 0 bridgehead atoms. The molecule has 3 N–H and O–H groups in total. The van der Waals surface area contributed by atoms with Crippen molar-refractivity contribution in [2.24, 2.45) is 0 Å². The zero-order valence-electron chi connectivity index (χ0n) is 15.7. The second-order valence-corrected chi connectivity index (χ2v) is 7.07. The number of nitriles is 1. The number of carbonyl (C=O) groups excluding carboxylic acids is 2. The van der Waals surface area contributed by atoms with E-state index in [4.69, 9.17) is 5.26 Å². The van der Waals surface area contributed by atoms with Gasteiger partial charge in [-0.1, -0.05) is 55.3 Å². The molecule has 0 aliphatic heterocycles. The summed E-state index contributed by atoms with van der Waals surface area (Å²) in [5, 5.41) is 17.5. The van der Waals surface area contributed by atoms with Crippen molar-refractivity contribution in [1.82, 2.24) is 16.0 Å². The van der Waals surface area contributed by atoms with Crippen LogP contribution in [0.15, 0.2) is 54.6 Å². The van der Waals surface area contributed by atoms with E-state index in [9.17, 15) is 9.59 Å². The predicted molar refractivity (Wildman–Crippen MR) is 106 cm³/mol. The lowest BCUT2D eigenvalue weighted by atomic mass is 9.96. The minimum absolute atomic E-state index is 0.163. The largest absolute Gasteiger partial charge is 0.350 e. The second kappa shape index (κ2) is 9.05. The summed E-state index contributed by atoms with van der Waals surface area (Å²) in [4.78, 5) is 25.3. The summed E-state index contributed by atoms with van der Waals surface area (Å²) in [6.07, 6.45) is 3.07. The van der Waals surface area contributed by atoms with Crippen molar-refractivity contribution >= 4 is 11.9 Å². The van der Waals surface area contributed by atoms with Crippen molar-refractivity contribution in [3.63, 3.8) is 0 Å². The van der Waals surface area contributed by atoms with Crippen molar-refractivity contribution in [3.05, 3.63) is 71.3 Å². The van der Waals surface area contributed by atoms with Crippen LogP contribution < -0.4 is 16.0 Å². The van der Waals surface area contributed by atoms with Crippen molar-refractivity contribution in [2.75, 3.05) is 0 Å². The molecule has 6 heteroatoms. The third-order valence-corrected chi connectivity index (χ3v) is 5.08. The third-order valence-electron chi connectivity index (χ3n) is 5.08. The average molecular weight is 376 g/mol. The normalized spacial score (nSPS) is 14.7. The van der Waals surface area contributed by atoms with E-state index in [0.717, 1.165) is 24.0 Å². The number of hydrogen-bond donors (Lipinski definition) is 3. The summed E-state index contributed by atoms with van der Waals surface area (Å²) >= 11 is 0. The molecule has 6 nitrogen and oxygen atoms in total. The first-order chi connectivity index (χ1) is 13.6. The topological polar surface area (TPSA) is 94.0 Å². The smallest absolute Gasteiger partial charge is 0.315 e. The first-order valence-electron chi connectivity index (χ1n) is 9.49. The van der Waals surface area contributed by atoms with Crippen LogP contribution in [0.1, 0.15) is 42.4 Å².